The molecular formula is C13H6F4O. The molecule has 0 aromatic heterocycles. The van der Waals surface area contributed by atoms with Gasteiger partial charge in [0.25, 0.3) is 0 Å². The molecule has 0 aliphatic rings. The maximum atomic E-state index is 13.3. The molecular weight excluding hydrogens is 248 g/mol. The van der Waals surface area contributed by atoms with Crippen molar-refractivity contribution in [2.24, 2.45) is 0 Å². The van der Waals surface area contributed by atoms with Crippen LogP contribution in [0.15, 0.2) is 36.4 Å². The lowest BCUT2D eigenvalue weighted by Gasteiger charge is -2.04. The summed E-state index contributed by atoms with van der Waals surface area (Å²) in [6.07, 6.45) is 0. The summed E-state index contributed by atoms with van der Waals surface area (Å²) in [5, 5.41) is 0. The third-order valence-electron chi connectivity index (χ3n) is 2.35. The number of carbonyl (C=O) groups is 1. The molecule has 0 spiro atoms. The number of hydrogen-bond donors (Lipinski definition) is 0. The van der Waals surface area contributed by atoms with E-state index in [0.29, 0.717) is 12.1 Å². The molecule has 0 saturated heterocycles. The van der Waals surface area contributed by atoms with E-state index < -0.39 is 40.2 Å². The Kier molecular flexibility index (Phi) is 3.14. The number of hydrogen-bond acceptors (Lipinski definition) is 1. The molecule has 0 heterocycles. The quantitative estimate of drug-likeness (QED) is 0.592. The number of carbonyl (C=O) groups excluding carboxylic acids is 1. The van der Waals surface area contributed by atoms with E-state index in [0.717, 1.165) is 24.3 Å². The molecule has 0 aliphatic carbocycles. The van der Waals surface area contributed by atoms with Crippen molar-refractivity contribution in [2.75, 3.05) is 0 Å². The number of halogens is 4. The van der Waals surface area contributed by atoms with Crippen LogP contribution < -0.4 is 0 Å². The smallest absolute Gasteiger partial charge is 0.199 e. The van der Waals surface area contributed by atoms with Crippen LogP contribution in [0.2, 0.25) is 0 Å². The Labute approximate surface area is 99.7 Å². The summed E-state index contributed by atoms with van der Waals surface area (Å²) in [6.45, 7) is 0. The summed E-state index contributed by atoms with van der Waals surface area (Å²) in [6, 6.07) is 4.44. The van der Waals surface area contributed by atoms with Crippen LogP contribution in [0.25, 0.3) is 0 Å². The summed E-state index contributed by atoms with van der Waals surface area (Å²) >= 11 is 0. The molecule has 0 saturated carbocycles. The van der Waals surface area contributed by atoms with Gasteiger partial charge in [0.2, 0.25) is 0 Å². The third-order valence-corrected chi connectivity index (χ3v) is 2.35. The van der Waals surface area contributed by atoms with Gasteiger partial charge in [-0.05, 0) is 36.4 Å². The van der Waals surface area contributed by atoms with Gasteiger partial charge in [0.1, 0.15) is 23.3 Å². The largest absolute Gasteiger partial charge is 0.288 e. The van der Waals surface area contributed by atoms with Gasteiger partial charge in [-0.3, -0.25) is 4.79 Å². The van der Waals surface area contributed by atoms with Gasteiger partial charge in [-0.2, -0.15) is 0 Å². The molecule has 18 heavy (non-hydrogen) atoms. The maximum Gasteiger partial charge on any atom is 0.199 e. The van der Waals surface area contributed by atoms with Gasteiger partial charge in [0.05, 0.1) is 11.1 Å². The Balaban J connectivity index is 2.54. The van der Waals surface area contributed by atoms with Crippen LogP contribution in [0.1, 0.15) is 15.9 Å². The molecule has 0 aliphatic heterocycles. The van der Waals surface area contributed by atoms with Crippen molar-refractivity contribution < 1.29 is 22.4 Å². The van der Waals surface area contributed by atoms with Crippen molar-refractivity contribution in [3.63, 3.8) is 0 Å². The van der Waals surface area contributed by atoms with Crippen molar-refractivity contribution in [3.8, 4) is 0 Å². The zero-order valence-corrected chi connectivity index (χ0v) is 8.88. The predicted octanol–water partition coefficient (Wildman–Crippen LogP) is 3.47. The summed E-state index contributed by atoms with van der Waals surface area (Å²) < 4.78 is 52.5. The standard InChI is InChI=1S/C13H6F4O/c14-7-1-3-11(16)9(5-7)13(18)10-6-8(15)2-4-12(10)17/h1-6H. The Bertz CT molecular complexity index is 569. The van der Waals surface area contributed by atoms with Gasteiger partial charge in [0, 0.05) is 0 Å². The fourth-order valence-corrected chi connectivity index (χ4v) is 1.49. The van der Waals surface area contributed by atoms with Crippen molar-refractivity contribution in [2.45, 2.75) is 0 Å². The molecule has 1 nitrogen and oxygen atoms in total. The Hall–Kier alpha value is -2.17. The van der Waals surface area contributed by atoms with E-state index in [1.165, 1.54) is 0 Å². The van der Waals surface area contributed by atoms with Crippen LogP contribution in [-0.2, 0) is 0 Å². The highest BCUT2D eigenvalue weighted by molar-refractivity contribution is 6.09. The highest BCUT2D eigenvalue weighted by Gasteiger charge is 2.19. The van der Waals surface area contributed by atoms with E-state index in [-0.39, 0.29) is 0 Å². The van der Waals surface area contributed by atoms with Crippen molar-refractivity contribution in [1.29, 1.82) is 0 Å². The lowest BCUT2D eigenvalue weighted by molar-refractivity contribution is 0.103. The predicted molar refractivity (Wildman–Crippen MR) is 56.1 cm³/mol. The minimum absolute atomic E-state index is 0.639. The molecule has 0 radical (unpaired) electrons. The second kappa shape index (κ2) is 4.60. The molecule has 5 heteroatoms. The second-order valence-electron chi connectivity index (χ2n) is 3.58. The third kappa shape index (κ3) is 2.25. The van der Waals surface area contributed by atoms with Crippen LogP contribution in [0, 0.1) is 23.3 Å². The fraction of sp³-hybridized carbons (Fsp3) is 0. The van der Waals surface area contributed by atoms with E-state index in [4.69, 9.17) is 0 Å². The molecule has 0 amide bonds. The second-order valence-corrected chi connectivity index (χ2v) is 3.58. The van der Waals surface area contributed by atoms with Crippen molar-refractivity contribution in [3.05, 3.63) is 70.8 Å². The zero-order chi connectivity index (χ0) is 13.3. The molecule has 0 N–H and O–H groups in total. The molecule has 92 valence electrons. The van der Waals surface area contributed by atoms with E-state index in [9.17, 15) is 22.4 Å². The number of benzene rings is 2. The highest BCUT2D eigenvalue weighted by Crippen LogP contribution is 2.18. The van der Waals surface area contributed by atoms with Gasteiger partial charge in [-0.15, -0.1) is 0 Å². The minimum atomic E-state index is -1.11. The summed E-state index contributed by atoms with van der Waals surface area (Å²) in [5.74, 6) is -4.77. The van der Waals surface area contributed by atoms with E-state index in [1.807, 2.05) is 0 Å². The van der Waals surface area contributed by atoms with E-state index in [2.05, 4.69) is 0 Å². The molecule has 0 atom stereocenters. The van der Waals surface area contributed by atoms with Gasteiger partial charge in [0.15, 0.2) is 5.78 Å². The van der Waals surface area contributed by atoms with Gasteiger partial charge < -0.3 is 0 Å². The number of rotatable bonds is 2. The monoisotopic (exact) mass is 254 g/mol. The van der Waals surface area contributed by atoms with Crippen LogP contribution in [-0.4, -0.2) is 5.78 Å². The van der Waals surface area contributed by atoms with Gasteiger partial charge >= 0.3 is 0 Å². The van der Waals surface area contributed by atoms with Gasteiger partial charge in [-0.25, -0.2) is 17.6 Å². The SMILES string of the molecule is O=C(c1cc(F)ccc1F)c1cc(F)ccc1F. The molecule has 2 aromatic carbocycles. The molecule has 0 fully saturated rings. The first-order valence-electron chi connectivity index (χ1n) is 4.94. The lowest BCUT2D eigenvalue weighted by atomic mass is 10.0. The van der Waals surface area contributed by atoms with Gasteiger partial charge in [-0.1, -0.05) is 0 Å². The first kappa shape index (κ1) is 12.3. The normalized spacial score (nSPS) is 10.4. The topological polar surface area (TPSA) is 17.1 Å². The minimum Gasteiger partial charge on any atom is -0.288 e. The van der Waals surface area contributed by atoms with E-state index in [1.54, 1.807) is 0 Å². The maximum absolute atomic E-state index is 13.3. The number of ketones is 1. The Morgan fingerprint density at radius 1 is 0.722 bits per heavy atom. The van der Waals surface area contributed by atoms with Crippen LogP contribution >= 0.6 is 0 Å². The van der Waals surface area contributed by atoms with Crippen LogP contribution in [0.4, 0.5) is 17.6 Å². The van der Waals surface area contributed by atoms with E-state index >= 15 is 0 Å². The Morgan fingerprint density at radius 2 is 1.11 bits per heavy atom. The molecule has 0 bridgehead atoms. The van der Waals surface area contributed by atoms with Crippen LogP contribution in [0.3, 0.4) is 0 Å². The van der Waals surface area contributed by atoms with Crippen LogP contribution in [0.5, 0.6) is 0 Å². The average molecular weight is 254 g/mol. The molecule has 2 rings (SSSR count). The van der Waals surface area contributed by atoms with Crippen molar-refractivity contribution in [1.82, 2.24) is 0 Å². The molecule has 2 aromatic rings. The summed E-state index contributed by atoms with van der Waals surface area (Å²) in [7, 11) is 0. The lowest BCUT2D eigenvalue weighted by Crippen LogP contribution is -2.07. The summed E-state index contributed by atoms with van der Waals surface area (Å²) in [4.78, 5) is 11.8. The van der Waals surface area contributed by atoms with Crippen molar-refractivity contribution >= 4 is 5.78 Å². The first-order valence-corrected chi connectivity index (χ1v) is 4.94. The zero-order valence-electron chi connectivity index (χ0n) is 8.88. The summed E-state index contributed by atoms with van der Waals surface area (Å²) in [5.41, 5.74) is -1.28. The highest BCUT2D eigenvalue weighted by atomic mass is 19.1. The molecule has 0 unspecified atom stereocenters. The fourth-order valence-electron chi connectivity index (χ4n) is 1.49. The average Bonchev–Trinajstić information content (AvgIpc) is 2.34. The first-order chi connectivity index (χ1) is 8.49. The Morgan fingerprint density at radius 3 is 1.50 bits per heavy atom.